The summed E-state index contributed by atoms with van der Waals surface area (Å²) in [6.07, 6.45) is 1.92. The van der Waals surface area contributed by atoms with Crippen LogP contribution in [-0.4, -0.2) is 19.4 Å². The van der Waals surface area contributed by atoms with Crippen molar-refractivity contribution in [3.05, 3.63) is 27.4 Å². The second-order valence-electron chi connectivity index (χ2n) is 2.62. The molecule has 0 fully saturated rings. The molecule has 0 atom stereocenters. The van der Waals surface area contributed by atoms with Crippen molar-refractivity contribution < 1.29 is 0 Å². The van der Waals surface area contributed by atoms with Crippen LogP contribution in [0.1, 0.15) is 10.6 Å². The smallest absolute Gasteiger partial charge is 0.128 e. The van der Waals surface area contributed by atoms with E-state index in [0.29, 0.717) is 0 Å². The molecule has 0 aliphatic carbocycles. The van der Waals surface area contributed by atoms with Crippen molar-refractivity contribution in [2.75, 3.05) is 0 Å². The van der Waals surface area contributed by atoms with E-state index in [4.69, 9.17) is 0 Å². The van der Waals surface area contributed by atoms with Crippen molar-refractivity contribution in [2.24, 2.45) is 0 Å². The van der Waals surface area contributed by atoms with Crippen LogP contribution in [0.3, 0.4) is 0 Å². The number of hydrogen-bond acceptors (Lipinski definition) is 4. The van der Waals surface area contributed by atoms with E-state index in [-0.39, 0.29) is 0 Å². The molecule has 0 aliphatic heterocycles. The Balaban J connectivity index is 2.19. The van der Waals surface area contributed by atoms with Gasteiger partial charge < -0.3 is 0 Å². The second-order valence-corrected chi connectivity index (χ2v) is 4.27. The molecule has 0 aliphatic rings. The first-order chi connectivity index (χ1) is 6.25. The highest BCUT2D eigenvalue weighted by Crippen LogP contribution is 2.12. The number of aromatic nitrogens is 4. The maximum Gasteiger partial charge on any atom is 0.128 e. The molecular weight excluding hydrogens is 252 g/mol. The Morgan fingerprint density at radius 2 is 2.46 bits per heavy atom. The van der Waals surface area contributed by atoms with Gasteiger partial charge in [-0.15, -0.1) is 5.10 Å². The van der Waals surface area contributed by atoms with Crippen LogP contribution in [0, 0.1) is 6.92 Å². The molecule has 2 heterocycles. The van der Waals surface area contributed by atoms with Crippen LogP contribution in [0.15, 0.2) is 16.9 Å². The third-order valence-corrected chi connectivity index (χ3v) is 2.89. The van der Waals surface area contributed by atoms with E-state index >= 15 is 0 Å². The Hall–Kier alpha value is -0.750. The lowest BCUT2D eigenvalue weighted by atomic mass is 10.4. The van der Waals surface area contributed by atoms with E-state index in [0.717, 1.165) is 21.7 Å². The quantitative estimate of drug-likeness (QED) is 0.826. The Morgan fingerprint density at radius 3 is 3.00 bits per heavy atom. The van der Waals surface area contributed by atoms with Gasteiger partial charge in [0.05, 0.1) is 17.1 Å². The Labute approximate surface area is 87.9 Å². The maximum absolute atomic E-state index is 4.21. The minimum Gasteiger partial charge on any atom is -0.266 e. The molecule has 6 heteroatoms. The first-order valence-electron chi connectivity index (χ1n) is 3.72. The SMILES string of the molecule is Cc1nnsc1Cn1ccc(Br)n1. The van der Waals surface area contributed by atoms with Crippen LogP contribution >= 0.6 is 27.5 Å². The minimum absolute atomic E-state index is 0.745. The zero-order valence-corrected chi connectivity index (χ0v) is 9.34. The van der Waals surface area contributed by atoms with Crippen molar-refractivity contribution in [3.63, 3.8) is 0 Å². The maximum atomic E-state index is 4.21. The summed E-state index contributed by atoms with van der Waals surface area (Å²) in [6.45, 7) is 2.70. The van der Waals surface area contributed by atoms with Gasteiger partial charge in [0.15, 0.2) is 0 Å². The van der Waals surface area contributed by atoms with E-state index < -0.39 is 0 Å². The van der Waals surface area contributed by atoms with Crippen LogP contribution in [-0.2, 0) is 6.54 Å². The second kappa shape index (κ2) is 3.55. The van der Waals surface area contributed by atoms with Gasteiger partial charge in [-0.25, -0.2) is 0 Å². The van der Waals surface area contributed by atoms with E-state index in [1.165, 1.54) is 11.5 Å². The van der Waals surface area contributed by atoms with Gasteiger partial charge in [-0.1, -0.05) is 4.49 Å². The van der Waals surface area contributed by atoms with E-state index in [2.05, 4.69) is 30.6 Å². The zero-order chi connectivity index (χ0) is 9.26. The average Bonchev–Trinajstić information content (AvgIpc) is 2.64. The lowest BCUT2D eigenvalue weighted by Crippen LogP contribution is -1.99. The number of halogens is 1. The molecular formula is C7H7BrN4S. The topological polar surface area (TPSA) is 43.6 Å². The fourth-order valence-electron chi connectivity index (χ4n) is 0.968. The molecule has 0 saturated carbocycles. The highest BCUT2D eigenvalue weighted by molar-refractivity contribution is 9.10. The van der Waals surface area contributed by atoms with Crippen LogP contribution in [0.25, 0.3) is 0 Å². The Kier molecular flexibility index (Phi) is 2.41. The van der Waals surface area contributed by atoms with Crippen molar-refractivity contribution in [2.45, 2.75) is 13.5 Å². The van der Waals surface area contributed by atoms with Crippen molar-refractivity contribution in [3.8, 4) is 0 Å². The fraction of sp³-hybridized carbons (Fsp3) is 0.286. The summed E-state index contributed by atoms with van der Waals surface area (Å²) in [7, 11) is 0. The lowest BCUT2D eigenvalue weighted by molar-refractivity contribution is 0.685. The van der Waals surface area contributed by atoms with Gasteiger partial charge in [0.2, 0.25) is 0 Å². The van der Waals surface area contributed by atoms with Gasteiger partial charge in [-0.2, -0.15) is 5.10 Å². The molecule has 2 aromatic heterocycles. The molecule has 0 bridgehead atoms. The van der Waals surface area contributed by atoms with Crippen molar-refractivity contribution >= 4 is 27.5 Å². The van der Waals surface area contributed by atoms with Gasteiger partial charge in [-0.05, 0) is 40.5 Å². The summed E-state index contributed by atoms with van der Waals surface area (Å²) in [5.41, 5.74) is 0.983. The van der Waals surface area contributed by atoms with Gasteiger partial charge in [0.1, 0.15) is 4.60 Å². The van der Waals surface area contributed by atoms with Crippen LogP contribution < -0.4 is 0 Å². The van der Waals surface area contributed by atoms with Crippen LogP contribution in [0.2, 0.25) is 0 Å². The predicted octanol–water partition coefficient (Wildman–Crippen LogP) is 1.85. The molecule has 0 saturated heterocycles. The number of rotatable bonds is 2. The van der Waals surface area contributed by atoms with E-state index in [1.807, 2.05) is 23.9 Å². The van der Waals surface area contributed by atoms with Crippen LogP contribution in [0.4, 0.5) is 0 Å². The summed E-state index contributed by atoms with van der Waals surface area (Å²) < 4.78 is 6.57. The number of hydrogen-bond donors (Lipinski definition) is 0. The highest BCUT2D eigenvalue weighted by Gasteiger charge is 2.04. The third-order valence-electron chi connectivity index (χ3n) is 1.66. The van der Waals surface area contributed by atoms with Gasteiger partial charge >= 0.3 is 0 Å². The molecule has 68 valence electrons. The molecule has 2 aromatic rings. The molecule has 4 nitrogen and oxygen atoms in total. The summed E-state index contributed by atoms with van der Waals surface area (Å²) in [5.74, 6) is 0. The highest BCUT2D eigenvalue weighted by atomic mass is 79.9. The first kappa shape index (κ1) is 8.83. The molecule has 13 heavy (non-hydrogen) atoms. The normalized spacial score (nSPS) is 10.6. The predicted molar refractivity (Wildman–Crippen MR) is 53.7 cm³/mol. The van der Waals surface area contributed by atoms with Crippen molar-refractivity contribution in [1.82, 2.24) is 19.4 Å². The van der Waals surface area contributed by atoms with E-state index in [1.54, 1.807) is 0 Å². The summed E-state index contributed by atoms with van der Waals surface area (Å²) >= 11 is 4.71. The summed E-state index contributed by atoms with van der Waals surface area (Å²) in [5, 5.41) is 8.15. The largest absolute Gasteiger partial charge is 0.266 e. The first-order valence-corrected chi connectivity index (χ1v) is 5.29. The van der Waals surface area contributed by atoms with Crippen molar-refractivity contribution in [1.29, 1.82) is 0 Å². The summed E-state index contributed by atoms with van der Waals surface area (Å²) in [6, 6.07) is 1.91. The monoisotopic (exact) mass is 258 g/mol. The number of nitrogens with zero attached hydrogens (tertiary/aromatic N) is 4. The molecule has 0 N–H and O–H groups in total. The van der Waals surface area contributed by atoms with Gasteiger partial charge in [0.25, 0.3) is 0 Å². The van der Waals surface area contributed by atoms with Crippen LogP contribution in [0.5, 0.6) is 0 Å². The molecule has 0 spiro atoms. The Bertz CT molecular complexity index is 408. The standard InChI is InChI=1S/C7H7BrN4S/c1-5-6(13-11-9-5)4-12-3-2-7(8)10-12/h2-3H,4H2,1H3. The minimum atomic E-state index is 0.745. The van der Waals surface area contributed by atoms with E-state index in [9.17, 15) is 0 Å². The average molecular weight is 259 g/mol. The third kappa shape index (κ3) is 1.94. The lowest BCUT2D eigenvalue weighted by Gasteiger charge is -1.96. The molecule has 0 aromatic carbocycles. The zero-order valence-electron chi connectivity index (χ0n) is 6.94. The summed E-state index contributed by atoms with van der Waals surface area (Å²) in [4.78, 5) is 1.15. The molecule has 0 amide bonds. The van der Waals surface area contributed by atoms with Gasteiger partial charge in [-0.3, -0.25) is 4.68 Å². The number of aryl methyl sites for hydroxylation is 1. The van der Waals surface area contributed by atoms with Gasteiger partial charge in [0, 0.05) is 6.20 Å². The molecule has 2 rings (SSSR count). The Morgan fingerprint density at radius 1 is 1.62 bits per heavy atom. The fourth-order valence-corrected chi connectivity index (χ4v) is 1.91. The molecule has 0 radical (unpaired) electrons. The molecule has 0 unspecified atom stereocenters.